The van der Waals surface area contributed by atoms with Crippen LogP contribution in [0, 0.1) is 0 Å². The molecule has 0 radical (unpaired) electrons. The summed E-state index contributed by atoms with van der Waals surface area (Å²) in [6.45, 7) is 0.232. The van der Waals surface area contributed by atoms with Crippen LogP contribution >= 0.6 is 19.2 Å². The predicted octanol–water partition coefficient (Wildman–Crippen LogP) is 1.25. The zero-order chi connectivity index (χ0) is 25.0. The molecule has 5 atom stereocenters. The first-order valence-corrected chi connectivity index (χ1v) is 12.7. The van der Waals surface area contributed by atoms with E-state index in [4.69, 9.17) is 25.8 Å². The van der Waals surface area contributed by atoms with Crippen molar-refractivity contribution >= 4 is 42.3 Å². The van der Waals surface area contributed by atoms with Crippen molar-refractivity contribution in [1.29, 1.82) is 0 Å². The van der Waals surface area contributed by atoms with Gasteiger partial charge in [-0.3, -0.25) is 13.7 Å². The molecule has 2 fully saturated rings. The van der Waals surface area contributed by atoms with Crippen molar-refractivity contribution in [2.45, 2.75) is 37.3 Å². The van der Waals surface area contributed by atoms with E-state index in [1.54, 1.807) is 4.57 Å². The molecule has 17 heteroatoms. The maximum absolute atomic E-state index is 11.9. The zero-order valence-electron chi connectivity index (χ0n) is 18.6. The molecule has 3 N–H and O–H groups in total. The lowest BCUT2D eigenvalue weighted by atomic mass is 10.2. The van der Waals surface area contributed by atoms with Gasteiger partial charge in [0.15, 0.2) is 17.0 Å². The number of aliphatic hydroxyl groups is 1. The van der Waals surface area contributed by atoms with Crippen molar-refractivity contribution in [1.82, 2.24) is 19.5 Å². The number of nitrogens with zero attached hydrogens (tertiary/aromatic N) is 4. The molecule has 4 heterocycles. The van der Waals surface area contributed by atoms with E-state index in [1.165, 1.54) is 6.33 Å². The summed E-state index contributed by atoms with van der Waals surface area (Å²) in [7, 11) is -3.13. The smallest absolute Gasteiger partial charge is 0.438 e. The zero-order valence-corrected chi connectivity index (χ0v) is 20.3. The number of aliphatic hydroxyl groups excluding tert-OH is 1. The molecule has 2 aromatic heterocycles. The second-order valence-corrected chi connectivity index (χ2v) is 9.91. The van der Waals surface area contributed by atoms with Crippen LogP contribution in [0.5, 0.6) is 0 Å². The lowest BCUT2D eigenvalue weighted by Crippen LogP contribution is -2.26. The maximum Gasteiger partial charge on any atom is 0.510 e. The topological polar surface area (TPSA) is 186 Å². The van der Waals surface area contributed by atoms with Crippen LogP contribution in [0.4, 0.5) is 10.6 Å². The van der Waals surface area contributed by atoms with Crippen molar-refractivity contribution in [2.75, 3.05) is 45.4 Å². The minimum atomic E-state index is -4.21. The van der Waals surface area contributed by atoms with Gasteiger partial charge >= 0.3 is 13.8 Å². The monoisotopic (exact) mass is 537 g/mol. The van der Waals surface area contributed by atoms with Crippen molar-refractivity contribution < 1.29 is 47.6 Å². The van der Waals surface area contributed by atoms with E-state index in [2.05, 4.69) is 34.3 Å². The summed E-state index contributed by atoms with van der Waals surface area (Å²) in [5, 5.41) is 13.7. The Balaban J connectivity index is 1.35. The predicted molar refractivity (Wildman–Crippen MR) is 118 cm³/mol. The van der Waals surface area contributed by atoms with Crippen LogP contribution in [-0.4, -0.2) is 94.0 Å². The number of fused-ring (bicyclic) bond motifs is 1. The Bertz CT molecular complexity index is 1080. The van der Waals surface area contributed by atoms with Crippen molar-refractivity contribution in [2.24, 2.45) is 0 Å². The summed E-state index contributed by atoms with van der Waals surface area (Å²) in [4.78, 5) is 33.5. The minimum Gasteiger partial charge on any atom is -0.438 e. The second kappa shape index (κ2) is 11.3. The molecule has 2 aromatic rings. The van der Waals surface area contributed by atoms with E-state index in [9.17, 15) is 19.4 Å². The van der Waals surface area contributed by atoms with Gasteiger partial charge in [0.1, 0.15) is 18.7 Å². The largest absolute Gasteiger partial charge is 0.510 e. The highest BCUT2D eigenvalue weighted by atomic mass is 35.5. The minimum absolute atomic E-state index is 0.0222. The van der Waals surface area contributed by atoms with Gasteiger partial charge in [-0.1, -0.05) is 0 Å². The van der Waals surface area contributed by atoms with E-state index in [0.717, 1.165) is 13.5 Å². The molecular weight excluding hydrogens is 513 g/mol. The van der Waals surface area contributed by atoms with Crippen LogP contribution in [-0.2, 0) is 32.8 Å². The third-order valence-corrected chi connectivity index (χ3v) is 6.50. The van der Waals surface area contributed by atoms with Gasteiger partial charge in [0, 0.05) is 13.0 Å². The van der Waals surface area contributed by atoms with Crippen molar-refractivity contribution in [3.63, 3.8) is 0 Å². The fraction of sp³-hybridized carbons (Fsp3) is 0.667. The number of aromatic nitrogens is 4. The van der Waals surface area contributed by atoms with E-state index >= 15 is 0 Å². The van der Waals surface area contributed by atoms with Crippen molar-refractivity contribution in [3.8, 4) is 0 Å². The van der Waals surface area contributed by atoms with Gasteiger partial charge in [-0.05, 0) is 18.0 Å². The number of ether oxygens (including phenoxy) is 5. The summed E-state index contributed by atoms with van der Waals surface area (Å²) in [5.41, 5.74) is 0.913. The number of anilines is 1. The lowest BCUT2D eigenvalue weighted by Gasteiger charge is -2.17. The fourth-order valence-corrected chi connectivity index (χ4v) is 4.41. The summed E-state index contributed by atoms with van der Waals surface area (Å²) in [5.74, 6) is 0.475. The van der Waals surface area contributed by atoms with E-state index in [1.807, 2.05) is 0 Å². The summed E-state index contributed by atoms with van der Waals surface area (Å²) < 4.78 is 43.3. The van der Waals surface area contributed by atoms with E-state index in [-0.39, 0.29) is 24.4 Å². The highest BCUT2D eigenvalue weighted by Gasteiger charge is 2.37. The first-order chi connectivity index (χ1) is 16.8. The number of carbonyl (C=O) groups excluding carboxylic acids is 1. The second-order valence-electron chi connectivity index (χ2n) is 7.79. The molecule has 0 amide bonds. The summed E-state index contributed by atoms with van der Waals surface area (Å²) in [6.07, 6.45) is -1.58. The van der Waals surface area contributed by atoms with E-state index < -0.39 is 45.3 Å². The number of imidazole rings is 1. The third-order valence-electron chi connectivity index (χ3n) is 5.31. The molecule has 2 aliphatic heterocycles. The van der Waals surface area contributed by atoms with Gasteiger partial charge in [-0.2, -0.15) is 9.97 Å². The van der Waals surface area contributed by atoms with E-state index in [0.29, 0.717) is 30.2 Å². The van der Waals surface area contributed by atoms with Crippen LogP contribution in [0.2, 0.25) is 5.28 Å². The van der Waals surface area contributed by atoms with Crippen LogP contribution in [0.3, 0.4) is 0 Å². The number of halogens is 1. The number of nitrogens with one attached hydrogen (secondary N) is 1. The highest BCUT2D eigenvalue weighted by molar-refractivity contribution is 7.52. The lowest BCUT2D eigenvalue weighted by molar-refractivity contribution is -0.0578. The van der Waals surface area contributed by atoms with Gasteiger partial charge in [0.2, 0.25) is 12.1 Å². The molecule has 1 unspecified atom stereocenters. The quantitative estimate of drug-likeness (QED) is 0.170. The van der Waals surface area contributed by atoms with Crippen LogP contribution in [0.15, 0.2) is 6.33 Å². The Morgan fingerprint density at radius 2 is 2.26 bits per heavy atom. The summed E-state index contributed by atoms with van der Waals surface area (Å²) >= 11 is 6.13. The Hall–Kier alpha value is -2.10. The number of methoxy groups -OCH3 is 1. The SMILES string of the molecule is COC(=O)OCOP(=O)(O)COC[C@H]1O[C@@H](n2cnc3c(N[C@H]4CCOC4)nc(Cl)nc32)C[C@@H]1O. The van der Waals surface area contributed by atoms with Gasteiger partial charge < -0.3 is 39.0 Å². The first kappa shape index (κ1) is 26.0. The number of rotatable bonds is 10. The first-order valence-electron chi connectivity index (χ1n) is 10.6. The summed E-state index contributed by atoms with van der Waals surface area (Å²) in [6, 6.07) is 0.0823. The molecule has 15 nitrogen and oxygen atoms in total. The molecule has 194 valence electrons. The molecule has 0 spiro atoms. The maximum atomic E-state index is 11.9. The van der Waals surface area contributed by atoms with Crippen LogP contribution in [0.1, 0.15) is 19.1 Å². The molecule has 0 bridgehead atoms. The molecule has 35 heavy (non-hydrogen) atoms. The third kappa shape index (κ3) is 6.57. The molecule has 2 aliphatic rings. The highest BCUT2D eigenvalue weighted by Crippen LogP contribution is 2.42. The normalized spacial score (nSPS) is 26.1. The fourth-order valence-electron chi connectivity index (χ4n) is 3.62. The van der Waals surface area contributed by atoms with Crippen molar-refractivity contribution in [3.05, 3.63) is 11.6 Å². The molecule has 0 aliphatic carbocycles. The Kier molecular flexibility index (Phi) is 8.39. The average Bonchev–Trinajstić information content (AvgIpc) is 3.54. The van der Waals surface area contributed by atoms with Gasteiger partial charge in [0.05, 0.1) is 38.8 Å². The average molecular weight is 538 g/mol. The van der Waals surface area contributed by atoms with Crippen LogP contribution in [0.25, 0.3) is 11.2 Å². The Labute approximate surface area is 204 Å². The van der Waals surface area contributed by atoms with Gasteiger partial charge in [0.25, 0.3) is 0 Å². The van der Waals surface area contributed by atoms with Crippen LogP contribution < -0.4 is 5.32 Å². The van der Waals surface area contributed by atoms with Gasteiger partial charge in [-0.15, -0.1) is 0 Å². The molecular formula is C18H25ClN5O10P. The Morgan fingerprint density at radius 3 is 3.00 bits per heavy atom. The number of hydrogen-bond donors (Lipinski definition) is 3. The van der Waals surface area contributed by atoms with Gasteiger partial charge in [-0.25, -0.2) is 9.78 Å². The standard InChI is InChI=1S/C18H25ClN5O10P/c1-29-18(26)32-8-33-35(27,28)9-31-6-12-11(25)4-13(34-12)24-7-20-14-15(21-10-2-3-30-5-10)22-17(19)23-16(14)24/h7,10-13,25H,2-6,8-9H2,1H3,(H,27,28)(H,21,22,23)/t10-,11-,12+,13+/m0/s1. The number of hydrogen-bond acceptors (Lipinski definition) is 13. The molecule has 4 rings (SSSR count). The molecule has 2 saturated heterocycles. The molecule has 0 saturated carbocycles. The molecule has 0 aromatic carbocycles. The Morgan fingerprint density at radius 1 is 1.43 bits per heavy atom. The number of carbonyl (C=O) groups is 1.